The minimum Gasteiger partial charge on any atom is -0.504 e. The third-order valence-electron chi connectivity index (χ3n) is 8.20. The number of hydrogen-bond donors (Lipinski definition) is 8. The first-order chi connectivity index (χ1) is 27.0. The first kappa shape index (κ1) is 45.1. The van der Waals surface area contributed by atoms with Crippen LogP contribution in [0.4, 0.5) is 22.7 Å². The minimum absolute atomic E-state index is 0. The van der Waals surface area contributed by atoms with Crippen molar-refractivity contribution in [1.82, 2.24) is 9.97 Å². The van der Waals surface area contributed by atoms with E-state index in [9.17, 15) is 72.3 Å². The number of phenols is 2. The van der Waals surface area contributed by atoms with Crippen molar-refractivity contribution in [1.29, 1.82) is 0 Å². The maximum atomic E-state index is 12.5. The van der Waals surface area contributed by atoms with Crippen molar-refractivity contribution in [3.63, 3.8) is 0 Å². The van der Waals surface area contributed by atoms with Gasteiger partial charge in [0.25, 0.3) is 40.5 Å². The molecule has 6 rings (SSSR count). The van der Waals surface area contributed by atoms with Gasteiger partial charge in [-0.25, -0.2) is 0 Å². The molecule has 27 heteroatoms. The van der Waals surface area contributed by atoms with Gasteiger partial charge in [0.2, 0.25) is 0 Å². The Morgan fingerprint density at radius 2 is 0.814 bits per heavy atom. The number of aliphatic hydroxyl groups excluding tert-OH is 2. The molecule has 0 aliphatic carbocycles. The molecule has 2 atom stereocenters. The summed E-state index contributed by atoms with van der Waals surface area (Å²) in [6.07, 6.45) is -2.33. The summed E-state index contributed by atoms with van der Waals surface area (Å²) in [6.45, 7) is 0. The molecule has 302 valence electrons. The second-order valence-corrected chi connectivity index (χ2v) is 17.5. The van der Waals surface area contributed by atoms with Crippen molar-refractivity contribution in [2.75, 3.05) is 0 Å². The van der Waals surface area contributed by atoms with E-state index < -0.39 is 118 Å². The first-order valence-corrected chi connectivity index (χ1v) is 21.3. The number of aromatic hydroxyl groups is 2. The topological polar surface area (TPSA) is 374 Å². The Hall–Kier alpha value is -4.94. The molecule has 0 spiro atoms. The molecule has 0 aliphatic rings. The molecule has 0 aliphatic heterocycles. The molecular formula is C32H24N6NaO16S4+. The molecule has 6 aromatic rings. The Kier molecular flexibility index (Phi) is 12.7. The summed E-state index contributed by atoms with van der Waals surface area (Å²) >= 11 is 0. The number of azo groups is 2. The monoisotopic (exact) mass is 899 g/mol. The molecule has 0 amide bonds. The number of benzene rings is 4. The number of aliphatic hydroxyl groups is 2. The molecule has 0 bridgehead atoms. The van der Waals surface area contributed by atoms with Gasteiger partial charge in [0.05, 0.1) is 11.4 Å². The van der Waals surface area contributed by atoms with Crippen molar-refractivity contribution < 1.29 is 102 Å². The molecule has 2 heterocycles. The van der Waals surface area contributed by atoms with E-state index in [0.717, 1.165) is 36.4 Å². The fourth-order valence-corrected chi connectivity index (χ4v) is 8.54. The molecule has 4 aromatic carbocycles. The van der Waals surface area contributed by atoms with Gasteiger partial charge in [0, 0.05) is 34.3 Å². The van der Waals surface area contributed by atoms with E-state index in [2.05, 4.69) is 30.4 Å². The van der Waals surface area contributed by atoms with Gasteiger partial charge in [-0.3, -0.25) is 28.2 Å². The average molecular weight is 900 g/mol. The van der Waals surface area contributed by atoms with Crippen LogP contribution in [0.1, 0.15) is 23.3 Å². The van der Waals surface area contributed by atoms with Gasteiger partial charge in [0.1, 0.15) is 54.2 Å². The van der Waals surface area contributed by atoms with Crippen LogP contribution in [-0.4, -0.2) is 82.3 Å². The summed E-state index contributed by atoms with van der Waals surface area (Å²) in [7, 11) is -20.3. The van der Waals surface area contributed by atoms with Crippen LogP contribution in [0, 0.1) is 0 Å². The molecule has 0 saturated heterocycles. The summed E-state index contributed by atoms with van der Waals surface area (Å²) in [6, 6.07) is 11.6. The Balaban J connectivity index is 0.00000661. The number of pyridine rings is 2. The maximum absolute atomic E-state index is 12.5. The van der Waals surface area contributed by atoms with Crippen LogP contribution in [0.15, 0.2) is 125 Å². The molecule has 0 saturated carbocycles. The number of nitrogens with zero attached hydrogens (tertiary/aromatic N) is 6. The Bertz CT molecular complexity index is 2990. The number of rotatable bonds is 11. The van der Waals surface area contributed by atoms with Gasteiger partial charge in [0.15, 0.2) is 11.5 Å². The summed E-state index contributed by atoms with van der Waals surface area (Å²) in [4.78, 5) is 4.15. The van der Waals surface area contributed by atoms with Gasteiger partial charge in [-0.15, -0.1) is 10.2 Å². The SMILES string of the molecule is O=S(=O)(O)c1cc(N=Nc2cc(S(=O)(=O)O)c3cccnc3c2O)ccc1C(O)C(O)c1ccc(N=Nc2cc(S(=O)(=O)O)c3cccnc3c2O)cc1S(=O)(=O)O.[Na+]. The van der Waals surface area contributed by atoms with Gasteiger partial charge < -0.3 is 20.4 Å². The maximum Gasteiger partial charge on any atom is 1.00 e. The fraction of sp³-hybridized carbons (Fsp3) is 0.0625. The molecule has 22 nitrogen and oxygen atoms in total. The van der Waals surface area contributed by atoms with Crippen molar-refractivity contribution in [3.05, 3.63) is 96.3 Å². The van der Waals surface area contributed by atoms with E-state index in [1.807, 2.05) is 0 Å². The smallest absolute Gasteiger partial charge is 0.504 e. The quantitative estimate of drug-likeness (QED) is 0.0522. The van der Waals surface area contributed by atoms with Crippen molar-refractivity contribution in [2.45, 2.75) is 31.8 Å². The second-order valence-electron chi connectivity index (χ2n) is 11.9. The number of hydrogen-bond acceptors (Lipinski definition) is 18. The summed E-state index contributed by atoms with van der Waals surface area (Å²) in [5.74, 6) is -1.37. The average Bonchev–Trinajstić information content (AvgIpc) is 3.15. The Morgan fingerprint density at radius 3 is 1.14 bits per heavy atom. The number of aromatic nitrogens is 2. The molecular weight excluding hydrogens is 876 g/mol. The van der Waals surface area contributed by atoms with E-state index in [-0.39, 0.29) is 51.4 Å². The summed E-state index contributed by atoms with van der Waals surface area (Å²) in [5.41, 5.74) is -3.98. The van der Waals surface area contributed by atoms with Crippen LogP contribution in [0.3, 0.4) is 0 Å². The third-order valence-corrected chi connectivity index (χ3v) is 11.8. The zero-order chi connectivity index (χ0) is 42.5. The van der Waals surface area contributed by atoms with Gasteiger partial charge in [-0.1, -0.05) is 12.1 Å². The second kappa shape index (κ2) is 16.6. The van der Waals surface area contributed by atoms with E-state index in [1.165, 1.54) is 36.7 Å². The van der Waals surface area contributed by atoms with E-state index in [0.29, 0.717) is 12.1 Å². The first-order valence-electron chi connectivity index (χ1n) is 15.6. The molecule has 0 fully saturated rings. The predicted molar refractivity (Wildman–Crippen MR) is 197 cm³/mol. The zero-order valence-corrected chi connectivity index (χ0v) is 34.7. The Labute approximate surface area is 354 Å². The van der Waals surface area contributed by atoms with Crippen LogP contribution >= 0.6 is 0 Å². The van der Waals surface area contributed by atoms with Crippen LogP contribution in [-0.2, 0) is 40.5 Å². The van der Waals surface area contributed by atoms with E-state index >= 15 is 0 Å². The molecule has 2 aromatic heterocycles. The van der Waals surface area contributed by atoms with Crippen molar-refractivity contribution in [2.24, 2.45) is 20.5 Å². The molecule has 59 heavy (non-hydrogen) atoms. The predicted octanol–water partition coefficient (Wildman–Crippen LogP) is 1.78. The van der Waals surface area contributed by atoms with Crippen molar-refractivity contribution in [3.8, 4) is 11.5 Å². The fourth-order valence-electron chi connectivity index (χ4n) is 5.62. The number of phenolic OH excluding ortho intramolecular Hbond substituents is 2. The van der Waals surface area contributed by atoms with Gasteiger partial charge in [-0.05, 0) is 60.7 Å². The van der Waals surface area contributed by atoms with Crippen LogP contribution in [0.25, 0.3) is 21.8 Å². The van der Waals surface area contributed by atoms with Crippen LogP contribution in [0.2, 0.25) is 0 Å². The van der Waals surface area contributed by atoms with Gasteiger partial charge in [-0.2, -0.15) is 43.9 Å². The molecule has 0 radical (unpaired) electrons. The zero-order valence-electron chi connectivity index (χ0n) is 29.4. The summed E-state index contributed by atoms with van der Waals surface area (Å²) in [5, 5.41) is 58.1. The largest absolute Gasteiger partial charge is 1.00 e. The molecule has 2 unspecified atom stereocenters. The van der Waals surface area contributed by atoms with Gasteiger partial charge >= 0.3 is 29.6 Å². The van der Waals surface area contributed by atoms with Crippen LogP contribution < -0.4 is 29.6 Å². The molecule has 8 N–H and O–H groups in total. The normalized spacial score (nSPS) is 13.9. The minimum atomic E-state index is -5.29. The van der Waals surface area contributed by atoms with Crippen molar-refractivity contribution >= 4 is 85.0 Å². The third kappa shape index (κ3) is 9.44. The van der Waals surface area contributed by atoms with E-state index in [4.69, 9.17) is 0 Å². The van der Waals surface area contributed by atoms with E-state index in [1.54, 1.807) is 0 Å². The Morgan fingerprint density at radius 1 is 0.475 bits per heavy atom. The number of fused-ring (bicyclic) bond motifs is 2. The summed E-state index contributed by atoms with van der Waals surface area (Å²) < 4.78 is 137. The standard InChI is InChI=1S/C32H24N6O16S4.Na/c39-29(19-7-5-15(11-23(19)55(43,44)45)35-37-21-13-25(57(49,50)51)17-3-1-9-33-27(17)31(21)41)30(40)20-8-6-16(12-24(20)56(46,47)48)36-38-22-14-26(58(52,53)54)18-4-2-10-34-28(18)32(22)42;/h1-14,29-30,39-42H,(H,43,44,45)(H,46,47,48)(H,49,50,51)(H,52,53,54);/q;+1. The van der Waals surface area contributed by atoms with Crippen LogP contribution in [0.5, 0.6) is 11.5 Å².